The van der Waals surface area contributed by atoms with Crippen molar-refractivity contribution in [1.29, 1.82) is 0 Å². The second-order valence-electron chi connectivity index (χ2n) is 5.78. The highest BCUT2D eigenvalue weighted by Gasteiger charge is 2.13. The molecule has 0 unspecified atom stereocenters. The number of carbonyl (C=O) groups excluding carboxylic acids is 2. The van der Waals surface area contributed by atoms with E-state index in [0.29, 0.717) is 11.4 Å². The van der Waals surface area contributed by atoms with E-state index in [0.717, 1.165) is 0 Å². The van der Waals surface area contributed by atoms with Crippen LogP contribution in [0.4, 0.5) is 14.5 Å². The number of benzene rings is 2. The second-order valence-corrected chi connectivity index (χ2v) is 5.78. The first kappa shape index (κ1) is 20.0. The topological polar surface area (TPSA) is 82.5 Å². The van der Waals surface area contributed by atoms with Gasteiger partial charge in [-0.3, -0.25) is 4.79 Å². The molecule has 1 heterocycles. The standard InChI is InChI=1S/C20H17F2N3O4/c1-2-28-19(27)17-9-10-25(24-17)15-7-4-6-14(12-15)23-18(26)13-5-3-8-16(11-13)29-20(21)22/h3-12,20H,2H2,1H3,(H,23,26). The normalized spacial score (nSPS) is 10.6. The number of esters is 1. The van der Waals surface area contributed by atoms with Crippen LogP contribution in [-0.2, 0) is 4.74 Å². The number of anilines is 1. The molecule has 29 heavy (non-hydrogen) atoms. The van der Waals surface area contributed by atoms with Crippen LogP contribution in [0.15, 0.2) is 60.8 Å². The molecular weight excluding hydrogens is 384 g/mol. The Morgan fingerprint density at radius 3 is 2.69 bits per heavy atom. The zero-order valence-electron chi connectivity index (χ0n) is 15.3. The molecule has 3 rings (SSSR count). The van der Waals surface area contributed by atoms with Gasteiger partial charge in [0, 0.05) is 17.4 Å². The number of amides is 1. The fourth-order valence-corrected chi connectivity index (χ4v) is 2.52. The fraction of sp³-hybridized carbons (Fsp3) is 0.150. The van der Waals surface area contributed by atoms with Crippen LogP contribution in [0.3, 0.4) is 0 Å². The van der Waals surface area contributed by atoms with Crippen molar-refractivity contribution in [1.82, 2.24) is 9.78 Å². The average Bonchev–Trinajstić information content (AvgIpc) is 3.18. The first-order valence-electron chi connectivity index (χ1n) is 8.65. The number of hydrogen-bond donors (Lipinski definition) is 1. The van der Waals surface area contributed by atoms with E-state index >= 15 is 0 Å². The molecule has 1 amide bonds. The smallest absolute Gasteiger partial charge is 0.387 e. The molecule has 0 spiro atoms. The summed E-state index contributed by atoms with van der Waals surface area (Å²) in [5.41, 5.74) is 1.39. The molecule has 0 radical (unpaired) electrons. The SMILES string of the molecule is CCOC(=O)c1ccn(-c2cccc(NC(=O)c3cccc(OC(F)F)c3)c2)n1. The molecule has 1 N–H and O–H groups in total. The van der Waals surface area contributed by atoms with E-state index < -0.39 is 18.5 Å². The number of ether oxygens (including phenoxy) is 2. The number of aromatic nitrogens is 2. The summed E-state index contributed by atoms with van der Waals surface area (Å²) in [6.45, 7) is -1.02. The highest BCUT2D eigenvalue weighted by molar-refractivity contribution is 6.04. The summed E-state index contributed by atoms with van der Waals surface area (Å²) in [4.78, 5) is 24.2. The van der Waals surface area contributed by atoms with Gasteiger partial charge < -0.3 is 14.8 Å². The van der Waals surface area contributed by atoms with Crippen LogP contribution in [-0.4, -0.2) is 34.9 Å². The third-order valence-corrected chi connectivity index (χ3v) is 3.76. The van der Waals surface area contributed by atoms with Crippen LogP contribution in [0.5, 0.6) is 5.75 Å². The van der Waals surface area contributed by atoms with E-state index in [1.54, 1.807) is 37.4 Å². The molecule has 0 aliphatic heterocycles. The number of carbonyl (C=O) groups is 2. The van der Waals surface area contributed by atoms with Gasteiger partial charge in [-0.1, -0.05) is 12.1 Å². The van der Waals surface area contributed by atoms with Gasteiger partial charge in [0.15, 0.2) is 5.69 Å². The lowest BCUT2D eigenvalue weighted by Crippen LogP contribution is -2.13. The van der Waals surface area contributed by atoms with Gasteiger partial charge in [-0.2, -0.15) is 13.9 Å². The maximum absolute atomic E-state index is 12.4. The molecule has 0 fully saturated rings. The molecule has 0 bridgehead atoms. The van der Waals surface area contributed by atoms with Gasteiger partial charge in [0.1, 0.15) is 5.75 Å². The monoisotopic (exact) mass is 401 g/mol. The molecule has 0 aliphatic rings. The number of alkyl halides is 2. The highest BCUT2D eigenvalue weighted by Crippen LogP contribution is 2.19. The molecule has 1 aromatic heterocycles. The summed E-state index contributed by atoms with van der Waals surface area (Å²) in [5.74, 6) is -1.12. The van der Waals surface area contributed by atoms with Crippen LogP contribution in [0.25, 0.3) is 5.69 Å². The number of hydrogen-bond acceptors (Lipinski definition) is 5. The minimum atomic E-state index is -2.97. The Bertz CT molecular complexity index is 1020. The number of rotatable bonds is 7. The number of halogens is 2. The number of nitrogens with one attached hydrogen (secondary N) is 1. The molecule has 7 nitrogen and oxygen atoms in total. The highest BCUT2D eigenvalue weighted by atomic mass is 19.3. The largest absolute Gasteiger partial charge is 0.461 e. The van der Waals surface area contributed by atoms with Gasteiger partial charge in [0.2, 0.25) is 0 Å². The minimum Gasteiger partial charge on any atom is -0.461 e. The van der Waals surface area contributed by atoms with Crippen molar-refractivity contribution in [2.45, 2.75) is 13.5 Å². The minimum absolute atomic E-state index is 0.107. The zero-order valence-corrected chi connectivity index (χ0v) is 15.3. The van der Waals surface area contributed by atoms with Gasteiger partial charge in [-0.05, 0) is 49.4 Å². The molecule has 2 aromatic carbocycles. The van der Waals surface area contributed by atoms with Gasteiger partial charge in [-0.15, -0.1) is 0 Å². The van der Waals surface area contributed by atoms with E-state index in [-0.39, 0.29) is 23.6 Å². The van der Waals surface area contributed by atoms with Crippen LogP contribution in [0.1, 0.15) is 27.8 Å². The van der Waals surface area contributed by atoms with Crippen LogP contribution < -0.4 is 10.1 Å². The van der Waals surface area contributed by atoms with Crippen molar-refractivity contribution in [3.63, 3.8) is 0 Å². The zero-order chi connectivity index (χ0) is 20.8. The Balaban J connectivity index is 1.75. The second kappa shape index (κ2) is 8.96. The Morgan fingerprint density at radius 1 is 1.14 bits per heavy atom. The summed E-state index contributed by atoms with van der Waals surface area (Å²) >= 11 is 0. The predicted octanol–water partition coefficient (Wildman–Crippen LogP) is 3.90. The van der Waals surface area contributed by atoms with Gasteiger partial charge in [0.05, 0.1) is 12.3 Å². The lowest BCUT2D eigenvalue weighted by atomic mass is 10.2. The Kier molecular flexibility index (Phi) is 6.18. The molecular formula is C20H17F2N3O4. The van der Waals surface area contributed by atoms with Gasteiger partial charge >= 0.3 is 12.6 Å². The summed E-state index contributed by atoms with van der Waals surface area (Å²) in [6.07, 6.45) is 1.60. The molecule has 9 heteroatoms. The Hall–Kier alpha value is -3.75. The van der Waals surface area contributed by atoms with Crippen molar-refractivity contribution in [2.75, 3.05) is 11.9 Å². The van der Waals surface area contributed by atoms with Crippen LogP contribution in [0, 0.1) is 0 Å². The molecule has 0 saturated carbocycles. The van der Waals surface area contributed by atoms with E-state index in [4.69, 9.17) is 4.74 Å². The van der Waals surface area contributed by atoms with Crippen molar-refractivity contribution in [3.8, 4) is 11.4 Å². The molecule has 150 valence electrons. The summed E-state index contributed by atoms with van der Waals surface area (Å²) in [5, 5.41) is 6.84. The molecule has 0 aliphatic carbocycles. The van der Waals surface area contributed by atoms with Gasteiger partial charge in [-0.25, -0.2) is 9.48 Å². The third kappa shape index (κ3) is 5.16. The van der Waals surface area contributed by atoms with Crippen molar-refractivity contribution in [3.05, 3.63) is 72.1 Å². The Labute approximate surface area is 164 Å². The summed E-state index contributed by atoms with van der Waals surface area (Å²) in [6, 6.07) is 13.8. The Morgan fingerprint density at radius 2 is 1.93 bits per heavy atom. The van der Waals surface area contributed by atoms with Crippen molar-refractivity contribution < 1.29 is 27.8 Å². The van der Waals surface area contributed by atoms with E-state index in [2.05, 4.69) is 15.2 Å². The van der Waals surface area contributed by atoms with Gasteiger partial charge in [0.25, 0.3) is 5.91 Å². The molecule has 3 aromatic rings. The summed E-state index contributed by atoms with van der Waals surface area (Å²) < 4.78 is 35.4. The maximum atomic E-state index is 12.4. The molecule has 0 saturated heterocycles. The van der Waals surface area contributed by atoms with E-state index in [1.807, 2.05) is 0 Å². The van der Waals surface area contributed by atoms with Crippen LogP contribution >= 0.6 is 0 Å². The third-order valence-electron chi connectivity index (χ3n) is 3.76. The fourth-order valence-electron chi connectivity index (χ4n) is 2.52. The van der Waals surface area contributed by atoms with E-state index in [1.165, 1.54) is 35.0 Å². The van der Waals surface area contributed by atoms with Crippen molar-refractivity contribution >= 4 is 17.6 Å². The number of nitrogens with zero attached hydrogens (tertiary/aromatic N) is 2. The molecule has 0 atom stereocenters. The first-order chi connectivity index (χ1) is 14.0. The quantitative estimate of drug-likeness (QED) is 0.607. The van der Waals surface area contributed by atoms with Crippen LogP contribution in [0.2, 0.25) is 0 Å². The predicted molar refractivity (Wildman–Crippen MR) is 101 cm³/mol. The average molecular weight is 401 g/mol. The maximum Gasteiger partial charge on any atom is 0.387 e. The summed E-state index contributed by atoms with van der Waals surface area (Å²) in [7, 11) is 0. The van der Waals surface area contributed by atoms with E-state index in [9.17, 15) is 18.4 Å². The lowest BCUT2D eigenvalue weighted by molar-refractivity contribution is -0.0498. The first-order valence-corrected chi connectivity index (χ1v) is 8.65. The lowest BCUT2D eigenvalue weighted by Gasteiger charge is -2.09. The van der Waals surface area contributed by atoms with Crippen molar-refractivity contribution in [2.24, 2.45) is 0 Å².